The van der Waals surface area contributed by atoms with E-state index in [2.05, 4.69) is 56.8 Å². The van der Waals surface area contributed by atoms with Crippen LogP contribution >= 0.6 is 0 Å². The number of nitrogens with one attached hydrogen (secondary N) is 1. The van der Waals surface area contributed by atoms with Crippen molar-refractivity contribution < 1.29 is 0 Å². The van der Waals surface area contributed by atoms with E-state index in [1.165, 1.54) is 18.4 Å². The fourth-order valence-corrected chi connectivity index (χ4v) is 3.31. The van der Waals surface area contributed by atoms with Gasteiger partial charge in [-0.3, -0.25) is 4.99 Å². The van der Waals surface area contributed by atoms with Crippen LogP contribution in [0.2, 0.25) is 0 Å². The number of imidazole rings is 1. The molecular weight excluding hydrogens is 286 g/mol. The van der Waals surface area contributed by atoms with Gasteiger partial charge in [0.25, 0.3) is 0 Å². The van der Waals surface area contributed by atoms with E-state index in [1.54, 1.807) is 0 Å². The molecule has 0 aliphatic carbocycles. The topological polar surface area (TPSA) is 45.5 Å². The Morgan fingerprint density at radius 3 is 2.78 bits per heavy atom. The van der Waals surface area contributed by atoms with Crippen LogP contribution in [0.5, 0.6) is 0 Å². The Labute approximate surface area is 138 Å². The molecule has 124 valence electrons. The third-order valence-corrected chi connectivity index (χ3v) is 4.76. The van der Waals surface area contributed by atoms with E-state index in [-0.39, 0.29) is 0 Å². The Morgan fingerprint density at radius 2 is 2.04 bits per heavy atom. The van der Waals surface area contributed by atoms with Gasteiger partial charge in [0.05, 0.1) is 11.0 Å². The van der Waals surface area contributed by atoms with Gasteiger partial charge in [-0.25, -0.2) is 4.98 Å². The number of likely N-dealkylation sites (tertiary alicyclic amines) is 1. The van der Waals surface area contributed by atoms with E-state index >= 15 is 0 Å². The van der Waals surface area contributed by atoms with Gasteiger partial charge in [-0.15, -0.1) is 0 Å². The molecule has 0 spiro atoms. The molecule has 1 saturated heterocycles. The van der Waals surface area contributed by atoms with Crippen molar-refractivity contribution >= 4 is 17.0 Å². The molecule has 1 fully saturated rings. The highest BCUT2D eigenvalue weighted by atomic mass is 15.3. The van der Waals surface area contributed by atoms with Gasteiger partial charge in [-0.05, 0) is 37.8 Å². The van der Waals surface area contributed by atoms with Crippen molar-refractivity contribution in [1.29, 1.82) is 0 Å². The van der Waals surface area contributed by atoms with Crippen molar-refractivity contribution in [2.75, 3.05) is 26.7 Å². The minimum absolute atomic E-state index is 0.837. The number of fused-ring (bicyclic) bond motifs is 1. The molecule has 2 aromatic rings. The number of aromatic nitrogens is 2. The van der Waals surface area contributed by atoms with E-state index in [0.717, 1.165) is 49.4 Å². The van der Waals surface area contributed by atoms with Gasteiger partial charge in [0.2, 0.25) is 0 Å². The van der Waals surface area contributed by atoms with E-state index in [9.17, 15) is 0 Å². The average Bonchev–Trinajstić information content (AvgIpc) is 2.88. The highest BCUT2D eigenvalue weighted by Gasteiger charge is 2.18. The zero-order chi connectivity index (χ0) is 16.2. The summed E-state index contributed by atoms with van der Waals surface area (Å²) in [6, 6.07) is 8.31. The molecule has 3 rings (SSSR count). The van der Waals surface area contributed by atoms with Crippen LogP contribution in [0.15, 0.2) is 29.3 Å². The molecule has 23 heavy (non-hydrogen) atoms. The lowest BCUT2D eigenvalue weighted by Crippen LogP contribution is -2.46. The minimum Gasteiger partial charge on any atom is -0.354 e. The van der Waals surface area contributed by atoms with Crippen LogP contribution in [0.25, 0.3) is 11.0 Å². The predicted molar refractivity (Wildman–Crippen MR) is 95.8 cm³/mol. The van der Waals surface area contributed by atoms with E-state index in [1.807, 2.05) is 13.1 Å². The maximum atomic E-state index is 4.62. The van der Waals surface area contributed by atoms with Crippen LogP contribution in [-0.2, 0) is 6.54 Å². The van der Waals surface area contributed by atoms with Crippen LogP contribution in [0.1, 0.15) is 25.6 Å². The Balaban J connectivity index is 1.60. The maximum absolute atomic E-state index is 4.62. The number of aliphatic imine (C=N–C) groups is 1. The maximum Gasteiger partial charge on any atom is 0.193 e. The molecule has 1 aromatic heterocycles. The van der Waals surface area contributed by atoms with Crippen molar-refractivity contribution in [2.45, 2.75) is 33.2 Å². The first kappa shape index (κ1) is 15.8. The molecule has 1 N–H and O–H groups in total. The van der Waals surface area contributed by atoms with E-state index in [0.29, 0.717) is 0 Å². The van der Waals surface area contributed by atoms with Gasteiger partial charge in [-0.2, -0.15) is 0 Å². The first-order chi connectivity index (χ1) is 11.2. The van der Waals surface area contributed by atoms with Crippen LogP contribution in [0.4, 0.5) is 0 Å². The fraction of sp³-hybridized carbons (Fsp3) is 0.556. The molecule has 0 radical (unpaired) electrons. The number of aryl methyl sites for hydroxylation is 1. The molecule has 1 aliphatic heterocycles. The Hall–Kier alpha value is -2.04. The van der Waals surface area contributed by atoms with Gasteiger partial charge in [-0.1, -0.05) is 19.1 Å². The predicted octanol–water partition coefficient (Wildman–Crippen LogP) is 2.65. The van der Waals surface area contributed by atoms with Crippen molar-refractivity contribution in [3.05, 3.63) is 30.1 Å². The van der Waals surface area contributed by atoms with E-state index in [4.69, 9.17) is 0 Å². The Kier molecular flexibility index (Phi) is 4.84. The summed E-state index contributed by atoms with van der Waals surface area (Å²) in [5.74, 6) is 2.93. The Morgan fingerprint density at radius 1 is 1.30 bits per heavy atom. The lowest BCUT2D eigenvalue weighted by Gasteiger charge is -2.33. The second-order valence-electron chi connectivity index (χ2n) is 6.44. The first-order valence-corrected chi connectivity index (χ1v) is 8.56. The summed E-state index contributed by atoms with van der Waals surface area (Å²) in [4.78, 5) is 11.4. The number of nitrogens with zero attached hydrogens (tertiary/aromatic N) is 4. The summed E-state index contributed by atoms with van der Waals surface area (Å²) in [6.45, 7) is 8.37. The molecule has 0 unspecified atom stereocenters. The summed E-state index contributed by atoms with van der Waals surface area (Å²) in [6.07, 6.45) is 2.51. The number of hydrogen-bond acceptors (Lipinski definition) is 2. The number of hydrogen-bond donors (Lipinski definition) is 1. The second kappa shape index (κ2) is 7.02. The van der Waals surface area contributed by atoms with Crippen molar-refractivity contribution in [1.82, 2.24) is 19.8 Å². The molecule has 5 nitrogen and oxygen atoms in total. The second-order valence-corrected chi connectivity index (χ2v) is 6.44. The number of rotatable bonds is 3. The van der Waals surface area contributed by atoms with Gasteiger partial charge in [0.1, 0.15) is 5.82 Å². The average molecular weight is 313 g/mol. The zero-order valence-electron chi connectivity index (χ0n) is 14.4. The smallest absolute Gasteiger partial charge is 0.193 e. The summed E-state index contributed by atoms with van der Waals surface area (Å²) < 4.78 is 2.27. The zero-order valence-corrected chi connectivity index (χ0v) is 14.4. The molecular formula is C18H27N5. The largest absolute Gasteiger partial charge is 0.354 e. The van der Waals surface area contributed by atoms with Crippen molar-refractivity contribution in [2.24, 2.45) is 10.9 Å². The quantitative estimate of drug-likeness (QED) is 0.700. The lowest BCUT2D eigenvalue weighted by atomic mass is 10.00. The molecule has 0 bridgehead atoms. The van der Waals surface area contributed by atoms with Crippen molar-refractivity contribution in [3.8, 4) is 0 Å². The number of para-hydroxylation sites is 2. The van der Waals surface area contributed by atoms with E-state index < -0.39 is 0 Å². The number of piperidine rings is 1. The summed E-state index contributed by atoms with van der Waals surface area (Å²) >= 11 is 0. The minimum atomic E-state index is 0.837. The molecule has 5 heteroatoms. The Bertz CT molecular complexity index is 680. The summed E-state index contributed by atoms with van der Waals surface area (Å²) in [5.41, 5.74) is 2.27. The van der Waals surface area contributed by atoms with Crippen LogP contribution in [-0.4, -0.2) is 47.1 Å². The highest BCUT2D eigenvalue weighted by molar-refractivity contribution is 5.80. The number of guanidine groups is 1. The van der Waals surface area contributed by atoms with Crippen LogP contribution in [0.3, 0.4) is 0 Å². The monoisotopic (exact) mass is 313 g/mol. The van der Waals surface area contributed by atoms with Gasteiger partial charge >= 0.3 is 0 Å². The summed E-state index contributed by atoms with van der Waals surface area (Å²) in [5, 5.41) is 3.51. The third-order valence-electron chi connectivity index (χ3n) is 4.76. The van der Waals surface area contributed by atoms with Crippen molar-refractivity contribution in [3.63, 3.8) is 0 Å². The highest BCUT2D eigenvalue weighted by Crippen LogP contribution is 2.16. The first-order valence-electron chi connectivity index (χ1n) is 8.56. The fourth-order valence-electron chi connectivity index (χ4n) is 3.31. The normalized spacial score (nSPS) is 17.0. The van der Waals surface area contributed by atoms with Crippen LogP contribution < -0.4 is 5.32 Å². The van der Waals surface area contributed by atoms with Gasteiger partial charge in [0.15, 0.2) is 5.96 Å². The van der Waals surface area contributed by atoms with Gasteiger partial charge < -0.3 is 14.8 Å². The van der Waals surface area contributed by atoms with Crippen LogP contribution in [0, 0.1) is 12.8 Å². The van der Waals surface area contributed by atoms with Gasteiger partial charge in [0, 0.05) is 33.2 Å². The third kappa shape index (κ3) is 3.49. The molecule has 0 atom stereocenters. The molecule has 0 amide bonds. The molecule has 1 aromatic carbocycles. The SMILES string of the molecule is CN=C(NCCn1c(C)nc2ccccc21)N1CCC(C)CC1. The molecule has 2 heterocycles. The lowest BCUT2D eigenvalue weighted by molar-refractivity contribution is 0.273. The molecule has 1 aliphatic rings. The number of benzene rings is 1. The molecule has 0 saturated carbocycles. The summed E-state index contributed by atoms with van der Waals surface area (Å²) in [7, 11) is 1.87. The standard InChI is InChI=1S/C18H27N5/c1-14-8-11-22(12-9-14)18(19-3)20-10-13-23-15(2)21-16-6-4-5-7-17(16)23/h4-7,14H,8-13H2,1-3H3,(H,19,20).